The minimum absolute atomic E-state index is 0.147. The van der Waals surface area contributed by atoms with Crippen molar-refractivity contribution in [1.29, 1.82) is 0 Å². The minimum Gasteiger partial charge on any atom is -0.456 e. The van der Waals surface area contributed by atoms with Gasteiger partial charge in [0.25, 0.3) is 0 Å². The summed E-state index contributed by atoms with van der Waals surface area (Å²) in [4.78, 5) is 2.49. The van der Waals surface area contributed by atoms with Crippen molar-refractivity contribution in [2.75, 3.05) is 4.90 Å². The lowest BCUT2D eigenvalue weighted by atomic mass is 9.81. The molecule has 51 heavy (non-hydrogen) atoms. The summed E-state index contributed by atoms with van der Waals surface area (Å²) in [5.74, 6) is 0. The van der Waals surface area contributed by atoms with Gasteiger partial charge in [-0.05, 0) is 118 Å². The van der Waals surface area contributed by atoms with Crippen LogP contribution in [0.15, 0.2) is 156 Å². The quantitative estimate of drug-likeness (QED) is 0.183. The van der Waals surface area contributed by atoms with Crippen molar-refractivity contribution < 1.29 is 4.42 Å². The molecule has 246 valence electrons. The maximum atomic E-state index is 6.49. The van der Waals surface area contributed by atoms with Gasteiger partial charge in [-0.3, -0.25) is 0 Å². The van der Waals surface area contributed by atoms with Crippen LogP contribution in [-0.4, -0.2) is 0 Å². The molecule has 0 bridgehead atoms. The fourth-order valence-electron chi connectivity index (χ4n) is 8.84. The van der Waals surface area contributed by atoms with E-state index in [0.29, 0.717) is 0 Å². The summed E-state index contributed by atoms with van der Waals surface area (Å²) in [7, 11) is 0. The Morgan fingerprint density at radius 1 is 0.490 bits per heavy atom. The topological polar surface area (TPSA) is 16.4 Å². The Bertz CT molecular complexity index is 2610. The van der Waals surface area contributed by atoms with Gasteiger partial charge in [-0.15, -0.1) is 0 Å². The van der Waals surface area contributed by atoms with Crippen molar-refractivity contribution in [3.05, 3.63) is 174 Å². The Morgan fingerprint density at radius 3 is 2.06 bits per heavy atom. The second-order valence-corrected chi connectivity index (χ2v) is 14.8. The number of furan rings is 1. The third-order valence-electron chi connectivity index (χ3n) is 11.5. The number of para-hydroxylation sites is 1. The van der Waals surface area contributed by atoms with E-state index in [4.69, 9.17) is 4.42 Å². The summed E-state index contributed by atoms with van der Waals surface area (Å²) in [5, 5.41) is 2.25. The first-order valence-corrected chi connectivity index (χ1v) is 18.3. The Balaban J connectivity index is 1.28. The number of hydrogen-bond donors (Lipinski definition) is 0. The van der Waals surface area contributed by atoms with E-state index in [2.05, 4.69) is 170 Å². The van der Waals surface area contributed by atoms with Crippen LogP contribution in [0, 0.1) is 0 Å². The maximum Gasteiger partial charge on any atom is 0.137 e. The van der Waals surface area contributed by atoms with Crippen LogP contribution in [0.4, 0.5) is 17.1 Å². The molecule has 0 saturated carbocycles. The Morgan fingerprint density at radius 2 is 1.20 bits per heavy atom. The average Bonchev–Trinajstić information content (AvgIpc) is 3.67. The second-order valence-electron chi connectivity index (χ2n) is 14.8. The highest BCUT2D eigenvalue weighted by atomic mass is 16.3. The Hall–Kier alpha value is -5.86. The molecule has 2 aliphatic carbocycles. The smallest absolute Gasteiger partial charge is 0.137 e. The highest BCUT2D eigenvalue weighted by Gasteiger charge is 2.37. The van der Waals surface area contributed by atoms with Gasteiger partial charge < -0.3 is 9.32 Å². The Labute approximate surface area is 299 Å². The standard InChI is InChI=1S/C49H39NO/c1-49(2)42-19-10-8-17-38(42)41-30-40(36-24-23-33-15-6-7-16-35(33)29-36)45(31-43(41)49)50(37-27-25-34(26-28-37)32-13-4-3-5-14-32)44-20-12-22-47-48(44)39-18-9-11-21-46(39)51-47/h3-5,8-14,17-31H,6-7,15-16H2,1-2H3. The average molecular weight is 658 g/mol. The summed E-state index contributed by atoms with van der Waals surface area (Å²) in [6.45, 7) is 4.76. The first-order chi connectivity index (χ1) is 25.0. The number of hydrogen-bond acceptors (Lipinski definition) is 2. The van der Waals surface area contributed by atoms with Gasteiger partial charge >= 0.3 is 0 Å². The largest absolute Gasteiger partial charge is 0.456 e. The van der Waals surface area contributed by atoms with E-state index in [-0.39, 0.29) is 5.41 Å². The van der Waals surface area contributed by atoms with Crippen molar-refractivity contribution >= 4 is 39.0 Å². The molecule has 2 aliphatic rings. The number of rotatable bonds is 5. The number of fused-ring (bicyclic) bond motifs is 7. The van der Waals surface area contributed by atoms with Crippen LogP contribution < -0.4 is 4.90 Å². The molecule has 0 amide bonds. The third-order valence-corrected chi connectivity index (χ3v) is 11.5. The van der Waals surface area contributed by atoms with E-state index in [1.165, 1.54) is 80.6 Å². The number of benzene rings is 7. The molecule has 1 heterocycles. The predicted molar refractivity (Wildman–Crippen MR) is 213 cm³/mol. The molecule has 2 nitrogen and oxygen atoms in total. The molecular formula is C49H39NO. The maximum absolute atomic E-state index is 6.49. The monoisotopic (exact) mass is 657 g/mol. The van der Waals surface area contributed by atoms with E-state index >= 15 is 0 Å². The van der Waals surface area contributed by atoms with Crippen LogP contribution >= 0.6 is 0 Å². The van der Waals surface area contributed by atoms with Crippen LogP contribution in [0.5, 0.6) is 0 Å². The van der Waals surface area contributed by atoms with Crippen molar-refractivity contribution in [2.45, 2.75) is 44.9 Å². The Kier molecular flexibility index (Phi) is 6.83. The fraction of sp³-hybridized carbons (Fsp3) is 0.143. The summed E-state index contributed by atoms with van der Waals surface area (Å²) in [5.41, 5.74) is 18.4. The third kappa shape index (κ3) is 4.77. The van der Waals surface area contributed by atoms with Crippen molar-refractivity contribution in [1.82, 2.24) is 0 Å². The van der Waals surface area contributed by atoms with Crippen LogP contribution in [-0.2, 0) is 18.3 Å². The van der Waals surface area contributed by atoms with E-state index < -0.39 is 0 Å². The molecular weight excluding hydrogens is 619 g/mol. The molecule has 8 aromatic rings. The molecule has 0 unspecified atom stereocenters. The normalized spacial score (nSPS) is 14.3. The summed E-state index contributed by atoms with van der Waals surface area (Å²) < 4.78 is 6.49. The van der Waals surface area contributed by atoms with E-state index in [0.717, 1.165) is 39.7 Å². The van der Waals surface area contributed by atoms with Crippen LogP contribution in [0.3, 0.4) is 0 Å². The molecule has 0 saturated heterocycles. The first kappa shape index (κ1) is 30.0. The van der Waals surface area contributed by atoms with Crippen molar-refractivity contribution in [3.63, 3.8) is 0 Å². The molecule has 1 aromatic heterocycles. The van der Waals surface area contributed by atoms with Crippen LogP contribution in [0.1, 0.15) is 48.9 Å². The van der Waals surface area contributed by atoms with E-state index in [1.807, 2.05) is 0 Å². The SMILES string of the molecule is CC1(C)c2ccccc2-c2cc(-c3ccc4c(c3)CCCC4)c(N(c3ccc(-c4ccccc4)cc3)c3cccc4oc5ccccc5c34)cc21. The van der Waals surface area contributed by atoms with Gasteiger partial charge in [0.05, 0.1) is 16.8 Å². The van der Waals surface area contributed by atoms with Gasteiger partial charge in [-0.2, -0.15) is 0 Å². The van der Waals surface area contributed by atoms with E-state index in [9.17, 15) is 0 Å². The van der Waals surface area contributed by atoms with Gasteiger partial charge in [0.15, 0.2) is 0 Å². The van der Waals surface area contributed by atoms with Gasteiger partial charge in [0, 0.05) is 22.1 Å². The molecule has 0 atom stereocenters. The summed E-state index contributed by atoms with van der Waals surface area (Å²) >= 11 is 0. The molecule has 0 radical (unpaired) electrons. The molecule has 2 heteroatoms. The molecule has 0 N–H and O–H groups in total. The number of aryl methyl sites for hydroxylation is 2. The first-order valence-electron chi connectivity index (χ1n) is 18.3. The highest BCUT2D eigenvalue weighted by Crippen LogP contribution is 2.54. The van der Waals surface area contributed by atoms with Gasteiger partial charge in [0.1, 0.15) is 11.2 Å². The minimum atomic E-state index is -0.147. The highest BCUT2D eigenvalue weighted by molar-refractivity contribution is 6.14. The fourth-order valence-corrected chi connectivity index (χ4v) is 8.84. The lowest BCUT2D eigenvalue weighted by Crippen LogP contribution is -2.17. The molecule has 0 aliphatic heterocycles. The molecule has 0 fully saturated rings. The zero-order chi connectivity index (χ0) is 34.1. The van der Waals surface area contributed by atoms with Crippen molar-refractivity contribution in [3.8, 4) is 33.4 Å². The summed E-state index contributed by atoms with van der Waals surface area (Å²) in [6.07, 6.45) is 4.84. The zero-order valence-electron chi connectivity index (χ0n) is 29.1. The van der Waals surface area contributed by atoms with Gasteiger partial charge in [-0.25, -0.2) is 0 Å². The molecule has 0 spiro atoms. The zero-order valence-corrected chi connectivity index (χ0v) is 29.1. The van der Waals surface area contributed by atoms with Crippen LogP contribution in [0.25, 0.3) is 55.3 Å². The number of anilines is 3. The van der Waals surface area contributed by atoms with Crippen molar-refractivity contribution in [2.24, 2.45) is 0 Å². The van der Waals surface area contributed by atoms with Crippen LogP contribution in [0.2, 0.25) is 0 Å². The number of nitrogens with zero attached hydrogens (tertiary/aromatic N) is 1. The second kappa shape index (κ2) is 11.6. The predicted octanol–water partition coefficient (Wildman–Crippen LogP) is 13.6. The van der Waals surface area contributed by atoms with Gasteiger partial charge in [-0.1, -0.05) is 123 Å². The lowest BCUT2D eigenvalue weighted by Gasteiger charge is -2.31. The van der Waals surface area contributed by atoms with Gasteiger partial charge in [0.2, 0.25) is 0 Å². The molecule has 10 rings (SSSR count). The van der Waals surface area contributed by atoms with E-state index in [1.54, 1.807) is 0 Å². The summed E-state index contributed by atoms with van der Waals surface area (Å²) in [6, 6.07) is 55.9. The lowest BCUT2D eigenvalue weighted by molar-refractivity contribution is 0.660. The molecule has 7 aromatic carbocycles.